The monoisotopic (exact) mass is 326 g/mol. The number of rotatable bonds is 5. The van der Waals surface area contributed by atoms with Gasteiger partial charge in [0.2, 0.25) is 10.0 Å². The number of carbonyl (C=O) groups is 1. The lowest BCUT2D eigenvalue weighted by Crippen LogP contribution is -2.28. The fourth-order valence-corrected chi connectivity index (χ4v) is 3.60. The van der Waals surface area contributed by atoms with E-state index in [0.29, 0.717) is 5.82 Å². The second-order valence-corrected chi connectivity index (χ2v) is 7.23. The molecule has 0 aliphatic heterocycles. The molecule has 2 aromatic rings. The normalized spacial score (nSPS) is 11.1. The minimum atomic E-state index is -3.43. The number of sulfonamides is 1. The Labute approximate surface area is 126 Å². The van der Waals surface area contributed by atoms with Crippen LogP contribution in [-0.4, -0.2) is 26.5 Å². The number of nitrogens with zero attached hydrogens (tertiary/aromatic N) is 1. The Morgan fingerprint density at radius 2 is 2.10 bits per heavy atom. The van der Waals surface area contributed by atoms with Crippen LogP contribution in [0.4, 0.5) is 10.6 Å². The van der Waals surface area contributed by atoms with Crippen LogP contribution in [0.3, 0.4) is 0 Å². The SMILES string of the molecule is CNS(=O)(=O)c1ccc(CNC(=O)Nc2ccccn2)s1. The standard InChI is InChI=1S/C12H14N4O3S2/c1-13-21(18,19)11-6-5-9(20-11)8-15-12(17)16-10-4-2-3-7-14-10/h2-7,13H,8H2,1H3,(H2,14,15,16,17). The highest BCUT2D eigenvalue weighted by Gasteiger charge is 2.14. The van der Waals surface area contributed by atoms with E-state index in [9.17, 15) is 13.2 Å². The molecular weight excluding hydrogens is 312 g/mol. The molecule has 0 spiro atoms. The lowest BCUT2D eigenvalue weighted by atomic mass is 10.4. The van der Waals surface area contributed by atoms with Gasteiger partial charge in [-0.3, -0.25) is 5.32 Å². The van der Waals surface area contributed by atoms with Crippen LogP contribution in [0, 0.1) is 0 Å². The average Bonchev–Trinajstić information content (AvgIpc) is 2.96. The van der Waals surface area contributed by atoms with Crippen molar-refractivity contribution in [2.24, 2.45) is 0 Å². The van der Waals surface area contributed by atoms with E-state index in [4.69, 9.17) is 0 Å². The van der Waals surface area contributed by atoms with E-state index in [2.05, 4.69) is 20.3 Å². The number of thiophene rings is 1. The number of hydrogen-bond acceptors (Lipinski definition) is 5. The van der Waals surface area contributed by atoms with Gasteiger partial charge < -0.3 is 5.32 Å². The highest BCUT2D eigenvalue weighted by molar-refractivity contribution is 7.91. The first-order chi connectivity index (χ1) is 10.0. The van der Waals surface area contributed by atoms with E-state index < -0.39 is 16.1 Å². The van der Waals surface area contributed by atoms with Crippen LogP contribution in [0.2, 0.25) is 0 Å². The van der Waals surface area contributed by atoms with Gasteiger partial charge in [0.1, 0.15) is 10.0 Å². The molecule has 21 heavy (non-hydrogen) atoms. The minimum Gasteiger partial charge on any atom is -0.333 e. The molecule has 3 N–H and O–H groups in total. The van der Waals surface area contributed by atoms with Gasteiger partial charge in [-0.15, -0.1) is 11.3 Å². The quantitative estimate of drug-likeness (QED) is 0.772. The van der Waals surface area contributed by atoms with Gasteiger partial charge in [0.25, 0.3) is 0 Å². The Balaban J connectivity index is 1.90. The average molecular weight is 326 g/mol. The Bertz CT molecular complexity index is 713. The molecule has 0 aliphatic carbocycles. The third-order valence-electron chi connectivity index (χ3n) is 2.50. The molecule has 0 radical (unpaired) electrons. The van der Waals surface area contributed by atoms with Crippen molar-refractivity contribution in [3.8, 4) is 0 Å². The second-order valence-electron chi connectivity index (χ2n) is 3.95. The van der Waals surface area contributed by atoms with Crippen LogP contribution in [-0.2, 0) is 16.6 Å². The molecule has 9 heteroatoms. The molecule has 2 rings (SSSR count). The number of anilines is 1. The largest absolute Gasteiger partial charge is 0.333 e. The van der Waals surface area contributed by atoms with E-state index in [1.54, 1.807) is 30.5 Å². The van der Waals surface area contributed by atoms with E-state index in [-0.39, 0.29) is 10.8 Å². The number of urea groups is 1. The summed E-state index contributed by atoms with van der Waals surface area (Å²) in [5, 5.41) is 5.21. The van der Waals surface area contributed by atoms with E-state index in [1.807, 2.05) is 0 Å². The molecule has 0 unspecified atom stereocenters. The number of amides is 2. The maximum atomic E-state index is 11.7. The summed E-state index contributed by atoms with van der Waals surface area (Å²) in [5.74, 6) is 0.444. The summed E-state index contributed by atoms with van der Waals surface area (Å²) in [5.41, 5.74) is 0. The van der Waals surface area contributed by atoms with Gasteiger partial charge in [-0.2, -0.15) is 0 Å². The molecule has 0 saturated carbocycles. The molecule has 0 bridgehead atoms. The molecule has 2 amide bonds. The predicted octanol–water partition coefficient (Wildman–Crippen LogP) is 1.37. The van der Waals surface area contributed by atoms with Gasteiger partial charge in [-0.25, -0.2) is 22.9 Å². The first kappa shape index (κ1) is 15.4. The molecule has 0 fully saturated rings. The van der Waals surface area contributed by atoms with Crippen molar-refractivity contribution in [2.75, 3.05) is 12.4 Å². The zero-order valence-electron chi connectivity index (χ0n) is 11.2. The van der Waals surface area contributed by atoms with E-state index >= 15 is 0 Å². The second kappa shape index (κ2) is 6.66. The molecular formula is C12H14N4O3S2. The summed E-state index contributed by atoms with van der Waals surface area (Å²) in [6.45, 7) is 0.239. The third-order valence-corrected chi connectivity index (χ3v) is 5.49. The van der Waals surface area contributed by atoms with Crippen molar-refractivity contribution in [1.82, 2.24) is 15.0 Å². The molecule has 0 aliphatic rings. The Kier molecular flexibility index (Phi) is 4.89. The van der Waals surface area contributed by atoms with Crippen molar-refractivity contribution < 1.29 is 13.2 Å². The highest BCUT2D eigenvalue weighted by Crippen LogP contribution is 2.20. The van der Waals surface area contributed by atoms with Crippen LogP contribution in [0.1, 0.15) is 4.88 Å². The van der Waals surface area contributed by atoms with Crippen LogP contribution in [0.5, 0.6) is 0 Å². The zero-order chi connectivity index (χ0) is 15.3. The van der Waals surface area contributed by atoms with Crippen molar-refractivity contribution in [1.29, 1.82) is 0 Å². The molecule has 0 aromatic carbocycles. The predicted molar refractivity (Wildman–Crippen MR) is 80.7 cm³/mol. The van der Waals surface area contributed by atoms with Crippen LogP contribution < -0.4 is 15.4 Å². The summed E-state index contributed by atoms with van der Waals surface area (Å²) in [7, 11) is -2.08. The fourth-order valence-electron chi connectivity index (χ4n) is 1.46. The fraction of sp³-hybridized carbons (Fsp3) is 0.167. The highest BCUT2D eigenvalue weighted by atomic mass is 32.2. The first-order valence-corrected chi connectivity index (χ1v) is 8.29. The Morgan fingerprint density at radius 3 is 2.76 bits per heavy atom. The first-order valence-electron chi connectivity index (χ1n) is 5.99. The molecule has 7 nitrogen and oxygen atoms in total. The molecule has 112 valence electrons. The summed E-state index contributed by atoms with van der Waals surface area (Å²) >= 11 is 1.10. The number of nitrogens with one attached hydrogen (secondary N) is 3. The van der Waals surface area contributed by atoms with Crippen LogP contribution in [0.15, 0.2) is 40.7 Å². The molecule has 2 heterocycles. The smallest absolute Gasteiger partial charge is 0.320 e. The van der Waals surface area contributed by atoms with Gasteiger partial charge in [0.05, 0.1) is 6.54 Å². The van der Waals surface area contributed by atoms with Crippen molar-refractivity contribution in [3.63, 3.8) is 0 Å². The van der Waals surface area contributed by atoms with Crippen LogP contribution >= 0.6 is 11.3 Å². The van der Waals surface area contributed by atoms with E-state index in [0.717, 1.165) is 16.2 Å². The topological polar surface area (TPSA) is 100 Å². The summed E-state index contributed by atoms with van der Waals surface area (Å²) in [4.78, 5) is 16.4. The van der Waals surface area contributed by atoms with Crippen molar-refractivity contribution >= 4 is 33.2 Å². The Morgan fingerprint density at radius 1 is 1.29 bits per heavy atom. The summed E-state index contributed by atoms with van der Waals surface area (Å²) in [6, 6.07) is 7.94. The minimum absolute atomic E-state index is 0.215. The third kappa shape index (κ3) is 4.25. The van der Waals surface area contributed by atoms with E-state index in [1.165, 1.54) is 13.1 Å². The molecule has 2 aromatic heterocycles. The summed E-state index contributed by atoms with van der Waals surface area (Å²) < 4.78 is 25.6. The maximum Gasteiger partial charge on any atom is 0.320 e. The molecule has 0 saturated heterocycles. The van der Waals surface area contributed by atoms with Gasteiger partial charge in [-0.05, 0) is 31.3 Å². The van der Waals surface area contributed by atoms with Crippen LogP contribution in [0.25, 0.3) is 0 Å². The van der Waals surface area contributed by atoms with Crippen molar-refractivity contribution in [2.45, 2.75) is 10.8 Å². The lowest BCUT2D eigenvalue weighted by Gasteiger charge is -2.05. The number of hydrogen-bond donors (Lipinski definition) is 3. The van der Waals surface area contributed by atoms with Gasteiger partial charge >= 0.3 is 6.03 Å². The Hall–Kier alpha value is -1.97. The number of aromatic nitrogens is 1. The molecule has 0 atom stereocenters. The number of pyridine rings is 1. The summed E-state index contributed by atoms with van der Waals surface area (Å²) in [6.07, 6.45) is 1.57. The van der Waals surface area contributed by atoms with Gasteiger partial charge in [0.15, 0.2) is 0 Å². The van der Waals surface area contributed by atoms with Crippen molar-refractivity contribution in [3.05, 3.63) is 41.4 Å². The zero-order valence-corrected chi connectivity index (χ0v) is 12.8. The maximum absolute atomic E-state index is 11.7. The van der Waals surface area contributed by atoms with Gasteiger partial charge in [-0.1, -0.05) is 6.07 Å². The lowest BCUT2D eigenvalue weighted by molar-refractivity contribution is 0.251. The number of carbonyl (C=O) groups excluding carboxylic acids is 1. The van der Waals surface area contributed by atoms with Gasteiger partial charge in [0, 0.05) is 11.1 Å².